The van der Waals surface area contributed by atoms with E-state index in [-0.39, 0.29) is 11.6 Å². The van der Waals surface area contributed by atoms with Crippen LogP contribution in [0.4, 0.5) is 11.4 Å². The van der Waals surface area contributed by atoms with Gasteiger partial charge < -0.3 is 5.32 Å². The Labute approximate surface area is 143 Å². The molecule has 0 atom stereocenters. The van der Waals surface area contributed by atoms with Crippen LogP contribution in [-0.2, 0) is 15.1 Å². The largest absolute Gasteiger partial charge is 0.396 e. The summed E-state index contributed by atoms with van der Waals surface area (Å²) in [5.41, 5.74) is 0.867. The number of hydrogen-bond acceptors (Lipinski definition) is 4. The van der Waals surface area contributed by atoms with Crippen molar-refractivity contribution >= 4 is 27.6 Å². The van der Waals surface area contributed by atoms with E-state index in [4.69, 9.17) is 4.55 Å². The maximum Gasteiger partial charge on any atom is 0.396 e. The monoisotopic (exact) mass is 355 g/mol. The quantitative estimate of drug-likeness (QED) is 0.342. The molecule has 0 aliphatic rings. The number of benzene rings is 1. The lowest BCUT2D eigenvalue weighted by Gasteiger charge is -2.05. The van der Waals surface area contributed by atoms with Gasteiger partial charge in [0.05, 0.1) is 5.69 Å². The van der Waals surface area contributed by atoms with Gasteiger partial charge in [0.1, 0.15) is 0 Å². The van der Waals surface area contributed by atoms with Crippen molar-refractivity contribution in [3.05, 3.63) is 24.3 Å². The summed E-state index contributed by atoms with van der Waals surface area (Å²) in [5, 5.41) is 6.14. The molecule has 0 radical (unpaired) electrons. The molecule has 0 heterocycles. The number of amides is 1. The number of anilines is 1. The molecular weight excluding hydrogens is 330 g/mol. The van der Waals surface area contributed by atoms with E-state index in [1.807, 2.05) is 0 Å². The Bertz CT molecular complexity index is 627. The summed E-state index contributed by atoms with van der Waals surface area (Å²) in [4.78, 5) is 11.8. The zero-order chi connectivity index (χ0) is 17.8. The number of nitrogens with zero attached hydrogens (tertiary/aromatic N) is 2. The smallest absolute Gasteiger partial charge is 0.326 e. The van der Waals surface area contributed by atoms with Gasteiger partial charge in [-0.3, -0.25) is 9.35 Å². The highest BCUT2D eigenvalue weighted by molar-refractivity contribution is 7.84. The lowest BCUT2D eigenvalue weighted by atomic mass is 10.1. The van der Waals surface area contributed by atoms with E-state index >= 15 is 0 Å². The molecule has 24 heavy (non-hydrogen) atoms. The van der Waals surface area contributed by atoms with E-state index in [0.29, 0.717) is 12.1 Å². The average Bonchev–Trinajstić information content (AvgIpc) is 2.52. The Hall–Kier alpha value is -1.80. The molecule has 0 unspecified atom stereocenters. The average molecular weight is 355 g/mol. The Morgan fingerprint density at radius 1 is 1.04 bits per heavy atom. The number of nitrogens with one attached hydrogen (secondary N) is 1. The molecule has 7 nitrogen and oxygen atoms in total. The van der Waals surface area contributed by atoms with Crippen LogP contribution in [0.5, 0.6) is 0 Å². The molecule has 0 aliphatic heterocycles. The summed E-state index contributed by atoms with van der Waals surface area (Å²) in [6.07, 6.45) is 8.60. The highest BCUT2D eigenvalue weighted by atomic mass is 32.2. The van der Waals surface area contributed by atoms with Gasteiger partial charge in [-0.25, -0.2) is 0 Å². The zero-order valence-electron chi connectivity index (χ0n) is 13.9. The van der Waals surface area contributed by atoms with Gasteiger partial charge in [-0.15, -0.1) is 5.11 Å². The molecule has 1 amide bonds. The fraction of sp³-hybridized carbons (Fsp3) is 0.562. The van der Waals surface area contributed by atoms with Gasteiger partial charge in [-0.1, -0.05) is 45.4 Å². The number of rotatable bonds is 11. The first kappa shape index (κ1) is 20.2. The molecule has 0 aromatic heterocycles. The standard InChI is InChI=1S/C16H25N3O4S/c1-2-3-4-5-6-7-8-9-16(20)17-14-10-12-15(13-11-14)18-19-24(21,22)23/h10-13H,2-9H2,1H3,(H,17,20)(H,21,22,23). The molecule has 0 bridgehead atoms. The molecule has 0 aliphatic carbocycles. The van der Waals surface area contributed by atoms with E-state index in [1.54, 1.807) is 12.1 Å². The van der Waals surface area contributed by atoms with E-state index in [0.717, 1.165) is 12.8 Å². The molecule has 1 aromatic carbocycles. The molecule has 0 spiro atoms. The molecule has 0 fully saturated rings. The Morgan fingerprint density at radius 2 is 1.62 bits per heavy atom. The Balaban J connectivity index is 2.28. The predicted octanol–water partition coefficient (Wildman–Crippen LogP) is 4.65. The zero-order valence-corrected chi connectivity index (χ0v) is 14.8. The van der Waals surface area contributed by atoms with Crippen molar-refractivity contribution in [2.45, 2.75) is 58.3 Å². The minimum Gasteiger partial charge on any atom is -0.326 e. The second-order valence-electron chi connectivity index (χ2n) is 5.60. The van der Waals surface area contributed by atoms with Crippen LogP contribution in [0, 0.1) is 0 Å². The molecule has 0 saturated heterocycles. The van der Waals surface area contributed by atoms with E-state index in [2.05, 4.69) is 21.9 Å². The minimum absolute atomic E-state index is 0.0455. The molecule has 2 N–H and O–H groups in total. The number of hydrogen-bond donors (Lipinski definition) is 2. The third kappa shape index (κ3) is 10.1. The van der Waals surface area contributed by atoms with Crippen LogP contribution in [0.3, 0.4) is 0 Å². The van der Waals surface area contributed by atoms with Crippen molar-refractivity contribution in [2.75, 3.05) is 5.32 Å². The van der Waals surface area contributed by atoms with Crippen molar-refractivity contribution in [3.8, 4) is 0 Å². The Morgan fingerprint density at radius 3 is 2.21 bits per heavy atom. The van der Waals surface area contributed by atoms with Crippen LogP contribution < -0.4 is 5.32 Å². The van der Waals surface area contributed by atoms with Crippen molar-refractivity contribution in [1.29, 1.82) is 0 Å². The van der Waals surface area contributed by atoms with Gasteiger partial charge in [0.15, 0.2) is 0 Å². The van der Waals surface area contributed by atoms with E-state index in [9.17, 15) is 13.2 Å². The summed E-state index contributed by atoms with van der Waals surface area (Å²) in [5.74, 6) is -0.0455. The summed E-state index contributed by atoms with van der Waals surface area (Å²) in [7, 11) is -4.48. The van der Waals surface area contributed by atoms with Crippen molar-refractivity contribution < 1.29 is 17.8 Å². The van der Waals surface area contributed by atoms with Gasteiger partial charge in [-0.2, -0.15) is 8.42 Å². The first-order chi connectivity index (χ1) is 11.4. The van der Waals surface area contributed by atoms with Gasteiger partial charge in [0, 0.05) is 12.1 Å². The number of carbonyl (C=O) groups is 1. The summed E-state index contributed by atoms with van der Waals surface area (Å²) < 4.78 is 32.1. The normalized spacial score (nSPS) is 11.8. The maximum absolute atomic E-state index is 11.8. The molecular formula is C16H25N3O4S. The minimum atomic E-state index is -4.48. The predicted molar refractivity (Wildman–Crippen MR) is 93.7 cm³/mol. The van der Waals surface area contributed by atoms with Crippen molar-refractivity contribution in [1.82, 2.24) is 0 Å². The van der Waals surface area contributed by atoms with Crippen LogP contribution in [0.1, 0.15) is 58.3 Å². The molecule has 134 valence electrons. The van der Waals surface area contributed by atoms with Crippen LogP contribution >= 0.6 is 0 Å². The van der Waals surface area contributed by atoms with Gasteiger partial charge in [0.25, 0.3) is 0 Å². The second-order valence-corrected chi connectivity index (χ2v) is 6.65. The number of unbranched alkanes of at least 4 members (excludes halogenated alkanes) is 6. The second kappa shape index (κ2) is 10.9. The van der Waals surface area contributed by atoms with E-state index < -0.39 is 10.3 Å². The summed E-state index contributed by atoms with van der Waals surface area (Å²) in [6.45, 7) is 2.19. The molecule has 1 aromatic rings. The van der Waals surface area contributed by atoms with Crippen LogP contribution in [0.15, 0.2) is 33.9 Å². The van der Waals surface area contributed by atoms with Gasteiger partial charge in [-0.05, 0) is 35.2 Å². The third-order valence-electron chi connectivity index (χ3n) is 3.42. The van der Waals surface area contributed by atoms with Crippen molar-refractivity contribution in [3.63, 3.8) is 0 Å². The SMILES string of the molecule is CCCCCCCCCC(=O)Nc1ccc(N=NS(=O)(=O)O)cc1. The fourth-order valence-electron chi connectivity index (χ4n) is 2.18. The lowest BCUT2D eigenvalue weighted by Crippen LogP contribution is -2.10. The highest BCUT2D eigenvalue weighted by Gasteiger charge is 2.03. The van der Waals surface area contributed by atoms with Crippen LogP contribution in [0.25, 0.3) is 0 Å². The van der Waals surface area contributed by atoms with Gasteiger partial charge in [0.2, 0.25) is 5.91 Å². The molecule has 0 saturated carbocycles. The van der Waals surface area contributed by atoms with Gasteiger partial charge >= 0.3 is 10.3 Å². The maximum atomic E-state index is 11.8. The van der Waals surface area contributed by atoms with E-state index in [1.165, 1.54) is 44.2 Å². The molecule has 1 rings (SSSR count). The highest BCUT2D eigenvalue weighted by Crippen LogP contribution is 2.17. The van der Waals surface area contributed by atoms with Crippen molar-refractivity contribution in [2.24, 2.45) is 9.63 Å². The summed E-state index contributed by atoms with van der Waals surface area (Å²) >= 11 is 0. The summed E-state index contributed by atoms with van der Waals surface area (Å²) in [6, 6.07) is 6.19. The first-order valence-corrected chi connectivity index (χ1v) is 9.61. The number of carbonyl (C=O) groups excluding carboxylic acids is 1. The fourth-order valence-corrected chi connectivity index (χ4v) is 2.37. The first-order valence-electron chi connectivity index (χ1n) is 8.21. The third-order valence-corrected chi connectivity index (χ3v) is 3.71. The van der Waals surface area contributed by atoms with Crippen LogP contribution in [-0.4, -0.2) is 18.9 Å². The lowest BCUT2D eigenvalue weighted by molar-refractivity contribution is -0.116. The molecule has 8 heteroatoms. The topological polar surface area (TPSA) is 108 Å². The van der Waals surface area contributed by atoms with Crippen LogP contribution in [0.2, 0.25) is 0 Å². The Kier molecular flexibility index (Phi) is 9.18.